The number of likely N-dealkylation sites (tertiary alicyclic amines) is 1. The van der Waals surface area contributed by atoms with E-state index in [2.05, 4.69) is 10.2 Å². The van der Waals surface area contributed by atoms with Crippen LogP contribution in [0.1, 0.15) is 12.8 Å². The second-order valence-electron chi connectivity index (χ2n) is 4.32. The second kappa shape index (κ2) is 7.84. The maximum absolute atomic E-state index is 12.4. The van der Waals surface area contributed by atoms with Gasteiger partial charge in [0.15, 0.2) is 0 Å². The van der Waals surface area contributed by atoms with Crippen molar-refractivity contribution in [2.45, 2.75) is 18.5 Å². The third-order valence-corrected chi connectivity index (χ3v) is 3.28. The first-order chi connectivity index (χ1) is 8.13. The van der Waals surface area contributed by atoms with Crippen molar-refractivity contribution < 1.29 is 13.9 Å². The molecule has 1 heterocycles. The normalized spacial score (nSPS) is 20.2. The topological polar surface area (TPSA) is 41.6 Å². The quantitative estimate of drug-likeness (QED) is 0.729. The van der Waals surface area contributed by atoms with Crippen LogP contribution in [-0.4, -0.2) is 56.3 Å². The van der Waals surface area contributed by atoms with Crippen LogP contribution in [0.15, 0.2) is 0 Å². The highest BCUT2D eigenvalue weighted by atomic mass is 35.5. The summed E-state index contributed by atoms with van der Waals surface area (Å²) in [5.74, 6) is -0.304. The summed E-state index contributed by atoms with van der Waals surface area (Å²) in [5, 5.41) is 2.52. The molecule has 1 unspecified atom stereocenters. The highest BCUT2D eigenvalue weighted by Gasteiger charge is 2.20. The maximum Gasteiger partial charge on any atom is 0.270 e. The van der Waals surface area contributed by atoms with E-state index >= 15 is 0 Å². The minimum atomic E-state index is -1.93. The molecule has 0 aliphatic carbocycles. The molecule has 1 amide bonds. The number of nitrogens with zero attached hydrogens (tertiary/aromatic N) is 1. The molecule has 1 aliphatic rings. The van der Waals surface area contributed by atoms with Gasteiger partial charge < -0.3 is 15.0 Å². The van der Waals surface area contributed by atoms with Crippen molar-refractivity contribution in [1.82, 2.24) is 10.2 Å². The lowest BCUT2D eigenvalue weighted by Gasteiger charge is -2.31. The summed E-state index contributed by atoms with van der Waals surface area (Å²) in [4.78, 5) is 13.3. The summed E-state index contributed by atoms with van der Waals surface area (Å²) in [7, 11) is 1.70. The fourth-order valence-electron chi connectivity index (χ4n) is 1.96. The third-order valence-electron chi connectivity index (χ3n) is 3.08. The summed E-state index contributed by atoms with van der Waals surface area (Å²) < 4.78 is 17.4. The Morgan fingerprint density at radius 1 is 1.59 bits per heavy atom. The lowest BCUT2D eigenvalue weighted by Crippen LogP contribution is -2.40. The van der Waals surface area contributed by atoms with Crippen LogP contribution in [-0.2, 0) is 9.53 Å². The molecular weight excluding hydrogens is 247 g/mol. The number of halogens is 2. The molecule has 1 fully saturated rings. The molecule has 4 nitrogen and oxygen atoms in total. The van der Waals surface area contributed by atoms with Gasteiger partial charge in [-0.15, -0.1) is 0 Å². The van der Waals surface area contributed by atoms with Gasteiger partial charge in [0.25, 0.3) is 11.5 Å². The Morgan fingerprint density at radius 3 is 2.76 bits per heavy atom. The van der Waals surface area contributed by atoms with E-state index in [0.717, 1.165) is 39.1 Å². The summed E-state index contributed by atoms with van der Waals surface area (Å²) in [6.07, 6.45) is 2.03. The van der Waals surface area contributed by atoms with Crippen molar-refractivity contribution in [1.29, 1.82) is 0 Å². The number of carbonyl (C=O) groups is 1. The molecular formula is C11H20ClFN2O2. The fraction of sp³-hybridized carbons (Fsp3) is 0.909. The van der Waals surface area contributed by atoms with Gasteiger partial charge >= 0.3 is 0 Å². The Balaban J connectivity index is 2.12. The van der Waals surface area contributed by atoms with E-state index in [1.54, 1.807) is 7.11 Å². The molecule has 0 radical (unpaired) electrons. The van der Waals surface area contributed by atoms with Crippen LogP contribution in [0.25, 0.3) is 0 Å². The van der Waals surface area contributed by atoms with E-state index in [4.69, 9.17) is 16.3 Å². The first-order valence-electron chi connectivity index (χ1n) is 5.90. The average molecular weight is 267 g/mol. The standard InChI is InChI=1S/C11H20ClFN2O2/c1-17-7-6-15-4-2-9(3-5-15)8-14-11(16)10(12)13/h9-10H,2-8H2,1H3,(H,14,16). The van der Waals surface area contributed by atoms with E-state index < -0.39 is 11.5 Å². The number of rotatable bonds is 6. The summed E-state index contributed by atoms with van der Waals surface area (Å²) in [6.45, 7) is 4.22. The van der Waals surface area contributed by atoms with Crippen molar-refractivity contribution in [2.24, 2.45) is 5.92 Å². The van der Waals surface area contributed by atoms with Crippen molar-refractivity contribution >= 4 is 17.5 Å². The molecule has 1 aliphatic heterocycles. The first-order valence-corrected chi connectivity index (χ1v) is 6.34. The van der Waals surface area contributed by atoms with Crippen LogP contribution in [0.2, 0.25) is 0 Å². The van der Waals surface area contributed by atoms with Crippen molar-refractivity contribution in [3.05, 3.63) is 0 Å². The average Bonchev–Trinajstić information content (AvgIpc) is 2.34. The van der Waals surface area contributed by atoms with Crippen molar-refractivity contribution in [2.75, 3.05) is 39.9 Å². The molecule has 0 spiro atoms. The van der Waals surface area contributed by atoms with Gasteiger partial charge in [-0.3, -0.25) is 4.79 Å². The third kappa shape index (κ3) is 5.66. The molecule has 17 heavy (non-hydrogen) atoms. The van der Waals surface area contributed by atoms with E-state index in [-0.39, 0.29) is 0 Å². The van der Waals surface area contributed by atoms with E-state index in [9.17, 15) is 9.18 Å². The fourth-order valence-corrected chi connectivity index (χ4v) is 2.03. The molecule has 1 N–H and O–H groups in total. The zero-order chi connectivity index (χ0) is 12.7. The molecule has 1 atom stereocenters. The van der Waals surface area contributed by atoms with Gasteiger partial charge in [-0.2, -0.15) is 0 Å². The number of carbonyl (C=O) groups excluding carboxylic acids is 1. The minimum Gasteiger partial charge on any atom is -0.383 e. The molecule has 0 aromatic carbocycles. The predicted octanol–water partition coefficient (Wildman–Crippen LogP) is 0.995. The highest BCUT2D eigenvalue weighted by Crippen LogP contribution is 2.16. The van der Waals surface area contributed by atoms with Gasteiger partial charge in [0, 0.05) is 20.2 Å². The van der Waals surface area contributed by atoms with Crippen LogP contribution in [0.3, 0.4) is 0 Å². The Morgan fingerprint density at radius 2 is 2.24 bits per heavy atom. The van der Waals surface area contributed by atoms with Crippen molar-refractivity contribution in [3.8, 4) is 0 Å². The second-order valence-corrected chi connectivity index (χ2v) is 4.71. The summed E-state index contributed by atoms with van der Waals surface area (Å²) >= 11 is 5.03. The number of amides is 1. The number of ether oxygens (including phenoxy) is 1. The smallest absolute Gasteiger partial charge is 0.270 e. The van der Waals surface area contributed by atoms with Crippen LogP contribution >= 0.6 is 11.6 Å². The molecule has 0 aromatic heterocycles. The first kappa shape index (κ1) is 14.7. The molecule has 1 rings (SSSR count). The lowest BCUT2D eigenvalue weighted by atomic mass is 9.97. The van der Waals surface area contributed by atoms with Gasteiger partial charge in [-0.25, -0.2) is 4.39 Å². The van der Waals surface area contributed by atoms with E-state index in [0.29, 0.717) is 12.5 Å². The number of piperidine rings is 1. The molecule has 0 bridgehead atoms. The molecule has 100 valence electrons. The van der Waals surface area contributed by atoms with Crippen LogP contribution in [0.5, 0.6) is 0 Å². The SMILES string of the molecule is COCCN1CCC(CNC(=O)C(F)Cl)CC1. The van der Waals surface area contributed by atoms with Crippen LogP contribution < -0.4 is 5.32 Å². The molecule has 0 aromatic rings. The number of methoxy groups -OCH3 is 1. The summed E-state index contributed by atoms with van der Waals surface area (Å²) in [5.41, 5.74) is -1.93. The molecule has 6 heteroatoms. The molecule has 0 saturated carbocycles. The van der Waals surface area contributed by atoms with Crippen molar-refractivity contribution in [3.63, 3.8) is 0 Å². The zero-order valence-electron chi connectivity index (χ0n) is 10.1. The largest absolute Gasteiger partial charge is 0.383 e. The highest BCUT2D eigenvalue weighted by molar-refractivity contribution is 6.29. The van der Waals surface area contributed by atoms with E-state index in [1.807, 2.05) is 0 Å². The van der Waals surface area contributed by atoms with Crippen LogP contribution in [0.4, 0.5) is 4.39 Å². The maximum atomic E-state index is 12.4. The predicted molar refractivity (Wildman–Crippen MR) is 64.8 cm³/mol. The Labute approximate surface area is 106 Å². The number of hydrogen-bond acceptors (Lipinski definition) is 3. The number of nitrogens with one attached hydrogen (secondary N) is 1. The van der Waals surface area contributed by atoms with E-state index in [1.165, 1.54) is 0 Å². The monoisotopic (exact) mass is 266 g/mol. The Hall–Kier alpha value is -0.390. The van der Waals surface area contributed by atoms with Gasteiger partial charge in [0.2, 0.25) is 0 Å². The van der Waals surface area contributed by atoms with Gasteiger partial charge in [-0.05, 0) is 31.8 Å². The molecule has 1 saturated heterocycles. The summed E-state index contributed by atoms with van der Waals surface area (Å²) in [6, 6.07) is 0. The number of hydrogen-bond donors (Lipinski definition) is 1. The lowest BCUT2D eigenvalue weighted by molar-refractivity contribution is -0.123. The minimum absolute atomic E-state index is 0.424. The zero-order valence-corrected chi connectivity index (χ0v) is 10.9. The Bertz CT molecular complexity index is 234. The van der Waals surface area contributed by atoms with Gasteiger partial charge in [0.05, 0.1) is 6.61 Å². The van der Waals surface area contributed by atoms with Gasteiger partial charge in [-0.1, -0.05) is 11.6 Å². The number of alkyl halides is 2. The Kier molecular flexibility index (Phi) is 6.77. The van der Waals surface area contributed by atoms with Crippen LogP contribution in [0, 0.1) is 5.92 Å². The van der Waals surface area contributed by atoms with Gasteiger partial charge in [0.1, 0.15) is 0 Å².